The maximum atomic E-state index is 11.5. The molecular weight excluding hydrogens is 348 g/mol. The highest BCUT2D eigenvalue weighted by Crippen LogP contribution is 2.45. The van der Waals surface area contributed by atoms with E-state index in [-0.39, 0.29) is 5.91 Å². The molecule has 0 spiro atoms. The minimum atomic E-state index is -0.525. The number of aliphatic hydroxyl groups is 1. The fourth-order valence-electron chi connectivity index (χ4n) is 5.59. The van der Waals surface area contributed by atoms with Crippen LogP contribution in [0.25, 0.3) is 0 Å². The van der Waals surface area contributed by atoms with Crippen LogP contribution in [0.4, 0.5) is 5.69 Å². The molecule has 1 saturated heterocycles. The molecule has 28 heavy (non-hydrogen) atoms. The van der Waals surface area contributed by atoms with E-state index in [1.807, 2.05) is 12.1 Å². The number of nitrogens with zero attached hydrogens (tertiary/aromatic N) is 1. The Morgan fingerprint density at radius 3 is 2.54 bits per heavy atom. The van der Waals surface area contributed by atoms with Crippen molar-refractivity contribution < 1.29 is 9.90 Å². The summed E-state index contributed by atoms with van der Waals surface area (Å²) in [5.41, 5.74) is 4.13. The number of hydrogen-bond acceptors (Lipinski definition) is 3. The summed E-state index contributed by atoms with van der Waals surface area (Å²) in [5, 5.41) is 14.0. The summed E-state index contributed by atoms with van der Waals surface area (Å²) >= 11 is 0. The molecule has 0 radical (unpaired) electrons. The minimum absolute atomic E-state index is 0.0995. The fourth-order valence-corrected chi connectivity index (χ4v) is 5.59. The van der Waals surface area contributed by atoms with Crippen LogP contribution in [0.1, 0.15) is 29.5 Å². The maximum Gasteiger partial charge on any atom is 0.228 e. The van der Waals surface area contributed by atoms with E-state index in [9.17, 15) is 9.90 Å². The standard InChI is InChI=1S/C24H28N2O2/c27-23-11-19-10-17(6-7-22(19)25-23)8-9-26-15-20-13-24(28,14-21(20)16-26)12-18-4-2-1-3-5-18/h1-7,10,20-21,28H,8-9,11-16H2,(H,25,27)/t20-,21?,24?/m0/s1. The molecule has 4 heteroatoms. The van der Waals surface area contributed by atoms with Crippen molar-refractivity contribution in [3.63, 3.8) is 0 Å². The molecule has 2 N–H and O–H groups in total. The van der Waals surface area contributed by atoms with Gasteiger partial charge >= 0.3 is 0 Å². The summed E-state index contributed by atoms with van der Waals surface area (Å²) in [6, 6.07) is 16.8. The van der Waals surface area contributed by atoms with E-state index in [1.165, 1.54) is 11.1 Å². The van der Waals surface area contributed by atoms with E-state index in [1.54, 1.807) is 0 Å². The summed E-state index contributed by atoms with van der Waals surface area (Å²) in [6.45, 7) is 3.27. The Bertz CT molecular complexity index is 865. The van der Waals surface area contributed by atoms with Crippen molar-refractivity contribution in [2.45, 2.75) is 37.7 Å². The van der Waals surface area contributed by atoms with Crippen LogP contribution >= 0.6 is 0 Å². The van der Waals surface area contributed by atoms with Crippen LogP contribution < -0.4 is 5.32 Å². The van der Waals surface area contributed by atoms with Gasteiger partial charge in [-0.25, -0.2) is 0 Å². The molecule has 5 rings (SSSR count). The van der Waals surface area contributed by atoms with Gasteiger partial charge in [-0.05, 0) is 53.9 Å². The molecule has 4 nitrogen and oxygen atoms in total. The SMILES string of the molecule is O=C1Cc2cc(CCN3CC4CC(O)(Cc5ccccc5)C[C@H]4C3)ccc2N1. The summed E-state index contributed by atoms with van der Waals surface area (Å²) in [7, 11) is 0. The Balaban J connectivity index is 1.14. The van der Waals surface area contributed by atoms with Crippen LogP contribution in [-0.2, 0) is 24.1 Å². The van der Waals surface area contributed by atoms with E-state index < -0.39 is 5.60 Å². The van der Waals surface area contributed by atoms with Crippen LogP contribution in [0.3, 0.4) is 0 Å². The zero-order chi connectivity index (χ0) is 19.1. The quantitative estimate of drug-likeness (QED) is 0.843. The van der Waals surface area contributed by atoms with Gasteiger partial charge in [0, 0.05) is 31.7 Å². The van der Waals surface area contributed by atoms with Gasteiger partial charge in [-0.15, -0.1) is 0 Å². The Kier molecular flexibility index (Phi) is 4.48. The van der Waals surface area contributed by atoms with E-state index in [4.69, 9.17) is 0 Å². The summed E-state index contributed by atoms with van der Waals surface area (Å²) in [6.07, 6.45) is 4.17. The molecule has 146 valence electrons. The third-order valence-corrected chi connectivity index (χ3v) is 6.82. The largest absolute Gasteiger partial charge is 0.390 e. The average molecular weight is 377 g/mol. The third kappa shape index (κ3) is 3.59. The number of rotatable bonds is 5. The van der Waals surface area contributed by atoms with Gasteiger partial charge in [-0.3, -0.25) is 4.79 Å². The van der Waals surface area contributed by atoms with E-state index >= 15 is 0 Å². The summed E-state index contributed by atoms with van der Waals surface area (Å²) in [5.74, 6) is 1.34. The van der Waals surface area contributed by atoms with Crippen LogP contribution in [0.5, 0.6) is 0 Å². The van der Waals surface area contributed by atoms with Gasteiger partial charge < -0.3 is 15.3 Å². The Morgan fingerprint density at radius 1 is 1.04 bits per heavy atom. The number of amides is 1. The second-order valence-corrected chi connectivity index (χ2v) is 9.04. The number of benzene rings is 2. The molecule has 1 amide bonds. The van der Waals surface area contributed by atoms with Crippen LogP contribution in [0.2, 0.25) is 0 Å². The zero-order valence-corrected chi connectivity index (χ0v) is 16.2. The lowest BCUT2D eigenvalue weighted by atomic mass is 9.91. The first-order chi connectivity index (χ1) is 13.6. The van der Waals surface area contributed by atoms with Gasteiger partial charge in [-0.1, -0.05) is 42.5 Å². The van der Waals surface area contributed by atoms with Gasteiger partial charge in [0.25, 0.3) is 0 Å². The molecule has 0 bridgehead atoms. The lowest BCUT2D eigenvalue weighted by Crippen LogP contribution is -2.32. The van der Waals surface area contributed by atoms with Crippen molar-refractivity contribution in [2.24, 2.45) is 11.8 Å². The van der Waals surface area contributed by atoms with E-state index in [0.29, 0.717) is 18.3 Å². The molecule has 2 aliphatic heterocycles. The van der Waals surface area contributed by atoms with Crippen LogP contribution in [0, 0.1) is 11.8 Å². The first kappa shape index (κ1) is 17.9. The highest BCUT2D eigenvalue weighted by atomic mass is 16.3. The molecule has 2 aromatic carbocycles. The molecule has 1 saturated carbocycles. The molecule has 2 fully saturated rings. The number of anilines is 1. The second-order valence-electron chi connectivity index (χ2n) is 9.04. The molecular formula is C24H28N2O2. The average Bonchev–Trinajstić information content (AvgIpc) is 3.30. The molecule has 2 heterocycles. The number of hydrogen-bond donors (Lipinski definition) is 2. The lowest BCUT2D eigenvalue weighted by Gasteiger charge is -2.26. The zero-order valence-electron chi connectivity index (χ0n) is 16.2. The highest BCUT2D eigenvalue weighted by molar-refractivity contribution is 5.99. The van der Waals surface area contributed by atoms with Gasteiger partial charge in [0.2, 0.25) is 5.91 Å². The second kappa shape index (κ2) is 7.02. The molecule has 0 aromatic heterocycles. The van der Waals surface area contributed by atoms with Crippen molar-refractivity contribution in [2.75, 3.05) is 25.0 Å². The fraction of sp³-hybridized carbons (Fsp3) is 0.458. The van der Waals surface area contributed by atoms with Crippen LogP contribution in [0.15, 0.2) is 48.5 Å². The lowest BCUT2D eigenvalue weighted by molar-refractivity contribution is -0.115. The number of carbonyl (C=O) groups excluding carboxylic acids is 1. The van der Waals surface area contributed by atoms with Crippen molar-refractivity contribution in [1.82, 2.24) is 4.90 Å². The topological polar surface area (TPSA) is 52.6 Å². The number of nitrogens with one attached hydrogen (secondary N) is 1. The molecule has 3 aliphatic rings. The molecule has 2 aromatic rings. The van der Waals surface area contributed by atoms with E-state index in [2.05, 4.69) is 46.6 Å². The number of fused-ring (bicyclic) bond motifs is 2. The van der Waals surface area contributed by atoms with Gasteiger partial charge in [0.15, 0.2) is 0 Å². The van der Waals surface area contributed by atoms with Crippen molar-refractivity contribution >= 4 is 11.6 Å². The molecule has 3 atom stereocenters. The van der Waals surface area contributed by atoms with Crippen LogP contribution in [-0.4, -0.2) is 41.1 Å². The van der Waals surface area contributed by atoms with Gasteiger partial charge in [0.1, 0.15) is 0 Å². The van der Waals surface area contributed by atoms with E-state index in [0.717, 1.165) is 56.6 Å². The van der Waals surface area contributed by atoms with Crippen molar-refractivity contribution in [1.29, 1.82) is 0 Å². The predicted molar refractivity (Wildman–Crippen MR) is 110 cm³/mol. The normalized spacial score (nSPS) is 29.0. The van der Waals surface area contributed by atoms with Gasteiger partial charge in [-0.2, -0.15) is 0 Å². The minimum Gasteiger partial charge on any atom is -0.390 e. The number of likely N-dealkylation sites (tertiary alicyclic amines) is 1. The molecule has 2 unspecified atom stereocenters. The van der Waals surface area contributed by atoms with Crippen molar-refractivity contribution in [3.05, 3.63) is 65.2 Å². The third-order valence-electron chi connectivity index (χ3n) is 6.82. The van der Waals surface area contributed by atoms with Crippen molar-refractivity contribution in [3.8, 4) is 0 Å². The smallest absolute Gasteiger partial charge is 0.228 e. The maximum absolute atomic E-state index is 11.5. The first-order valence-electron chi connectivity index (χ1n) is 10.5. The van der Waals surface area contributed by atoms with Gasteiger partial charge in [0.05, 0.1) is 12.0 Å². The monoisotopic (exact) mass is 376 g/mol. The summed E-state index contributed by atoms with van der Waals surface area (Å²) < 4.78 is 0. The predicted octanol–water partition coefficient (Wildman–Crippen LogP) is 3.04. The number of carbonyl (C=O) groups is 1. The Morgan fingerprint density at radius 2 is 1.79 bits per heavy atom. The first-order valence-corrected chi connectivity index (χ1v) is 10.5. The highest BCUT2D eigenvalue weighted by Gasteiger charge is 2.47. The summed E-state index contributed by atoms with van der Waals surface area (Å²) in [4.78, 5) is 14.1. The Hall–Kier alpha value is -2.17. The molecule has 1 aliphatic carbocycles. The Labute approximate surface area is 166 Å².